The molecular weight excluding hydrogens is 224 g/mol. The van der Waals surface area contributed by atoms with Crippen molar-refractivity contribution in [3.8, 4) is 0 Å². The van der Waals surface area contributed by atoms with Crippen LogP contribution in [0.15, 0.2) is 0 Å². The highest BCUT2D eigenvalue weighted by molar-refractivity contribution is 5.89. The lowest BCUT2D eigenvalue weighted by Gasteiger charge is -2.29. The molecule has 0 aromatic heterocycles. The van der Waals surface area contributed by atoms with E-state index in [4.69, 9.17) is 0 Å². The highest BCUT2D eigenvalue weighted by Gasteiger charge is 2.50. The van der Waals surface area contributed by atoms with Crippen molar-refractivity contribution in [2.24, 2.45) is 17.3 Å². The molecule has 1 saturated carbocycles. The van der Waals surface area contributed by atoms with Gasteiger partial charge in [-0.2, -0.15) is 0 Å². The highest BCUT2D eigenvalue weighted by atomic mass is 16.1. The smallest absolute Gasteiger partial charge is 0.155 e. The summed E-state index contributed by atoms with van der Waals surface area (Å²) in [5.41, 5.74) is -0.220. The van der Waals surface area contributed by atoms with Gasteiger partial charge in [0.15, 0.2) is 5.78 Å². The molecule has 5 unspecified atom stereocenters. The van der Waals surface area contributed by atoms with Crippen LogP contribution in [0.25, 0.3) is 0 Å². The molecule has 3 rings (SSSR count). The standard InChI is InChI=1S/C15H26N2O/c1-15(2,3)13(18)12-8-10-9-6-4-5-7-11(9)16-14(10)17-12/h9-12,14,16-17H,4-8H2,1-3H3. The predicted molar refractivity (Wildman–Crippen MR) is 72.2 cm³/mol. The average molecular weight is 250 g/mol. The Balaban J connectivity index is 1.68. The quantitative estimate of drug-likeness (QED) is 0.748. The lowest BCUT2D eigenvalue weighted by Crippen LogP contribution is -2.47. The zero-order chi connectivity index (χ0) is 12.9. The number of hydrogen-bond donors (Lipinski definition) is 2. The van der Waals surface area contributed by atoms with Crippen LogP contribution in [0.5, 0.6) is 0 Å². The molecule has 2 saturated heterocycles. The first-order chi connectivity index (χ1) is 8.47. The molecule has 102 valence electrons. The van der Waals surface area contributed by atoms with Gasteiger partial charge in [0.2, 0.25) is 0 Å². The second-order valence-corrected chi connectivity index (χ2v) is 7.43. The van der Waals surface area contributed by atoms with Crippen LogP contribution in [0.3, 0.4) is 0 Å². The van der Waals surface area contributed by atoms with E-state index in [-0.39, 0.29) is 11.5 Å². The van der Waals surface area contributed by atoms with Crippen LogP contribution in [0.4, 0.5) is 0 Å². The Hall–Kier alpha value is -0.410. The molecule has 2 aliphatic heterocycles. The number of carbonyl (C=O) groups excluding carboxylic acids is 1. The molecule has 0 aromatic rings. The zero-order valence-electron chi connectivity index (χ0n) is 11.8. The first-order valence-corrected chi connectivity index (χ1v) is 7.53. The van der Waals surface area contributed by atoms with Gasteiger partial charge in [0.25, 0.3) is 0 Å². The molecule has 0 radical (unpaired) electrons. The van der Waals surface area contributed by atoms with E-state index < -0.39 is 0 Å². The zero-order valence-corrected chi connectivity index (χ0v) is 11.8. The van der Waals surface area contributed by atoms with E-state index in [1.54, 1.807) is 0 Å². The summed E-state index contributed by atoms with van der Waals surface area (Å²) in [6.07, 6.45) is 6.89. The molecule has 3 nitrogen and oxygen atoms in total. The van der Waals surface area contributed by atoms with Crippen LogP contribution in [0, 0.1) is 17.3 Å². The summed E-state index contributed by atoms with van der Waals surface area (Å²) >= 11 is 0. The first-order valence-electron chi connectivity index (χ1n) is 7.53. The fourth-order valence-corrected chi connectivity index (χ4v) is 4.23. The van der Waals surface area contributed by atoms with Crippen LogP contribution in [0.1, 0.15) is 52.9 Å². The van der Waals surface area contributed by atoms with E-state index in [1.807, 2.05) is 20.8 Å². The maximum absolute atomic E-state index is 12.4. The van der Waals surface area contributed by atoms with E-state index >= 15 is 0 Å². The van der Waals surface area contributed by atoms with Crippen molar-refractivity contribution in [3.05, 3.63) is 0 Å². The van der Waals surface area contributed by atoms with E-state index in [0.717, 1.165) is 12.3 Å². The summed E-state index contributed by atoms with van der Waals surface area (Å²) in [6, 6.07) is 0.794. The Morgan fingerprint density at radius 2 is 1.78 bits per heavy atom. The van der Waals surface area contributed by atoms with Crippen LogP contribution in [-0.2, 0) is 4.79 Å². The highest BCUT2D eigenvalue weighted by Crippen LogP contribution is 2.42. The number of rotatable bonds is 1. The van der Waals surface area contributed by atoms with Gasteiger partial charge < -0.3 is 0 Å². The summed E-state index contributed by atoms with van der Waals surface area (Å²) in [6.45, 7) is 6.09. The summed E-state index contributed by atoms with van der Waals surface area (Å²) in [5.74, 6) is 1.88. The van der Waals surface area contributed by atoms with Crippen LogP contribution in [-0.4, -0.2) is 24.0 Å². The summed E-state index contributed by atoms with van der Waals surface area (Å²) in [4.78, 5) is 12.4. The van der Waals surface area contributed by atoms with Gasteiger partial charge in [0, 0.05) is 11.5 Å². The minimum Gasteiger partial charge on any atom is -0.299 e. The molecule has 0 amide bonds. The minimum absolute atomic E-state index is 0.0791. The van der Waals surface area contributed by atoms with Gasteiger partial charge >= 0.3 is 0 Å². The van der Waals surface area contributed by atoms with Crippen molar-refractivity contribution in [2.45, 2.75) is 71.1 Å². The van der Waals surface area contributed by atoms with Crippen molar-refractivity contribution < 1.29 is 4.79 Å². The first kappa shape index (κ1) is 12.6. The van der Waals surface area contributed by atoms with Gasteiger partial charge in [-0.3, -0.25) is 15.4 Å². The second-order valence-electron chi connectivity index (χ2n) is 7.43. The normalized spacial score (nSPS) is 43.6. The van der Waals surface area contributed by atoms with Crippen molar-refractivity contribution in [1.29, 1.82) is 0 Å². The SMILES string of the molecule is CC(C)(C)C(=O)C1CC2C(N1)NC1CCCCC12. The van der Waals surface area contributed by atoms with E-state index in [2.05, 4.69) is 10.6 Å². The number of fused-ring (bicyclic) bond motifs is 3. The monoisotopic (exact) mass is 250 g/mol. The molecule has 5 atom stereocenters. The van der Waals surface area contributed by atoms with E-state index in [0.29, 0.717) is 23.9 Å². The fraction of sp³-hybridized carbons (Fsp3) is 0.933. The number of Topliss-reactive ketones (excluding diaryl/α,β-unsaturated/α-hetero) is 1. The maximum atomic E-state index is 12.4. The average Bonchev–Trinajstić information content (AvgIpc) is 2.83. The van der Waals surface area contributed by atoms with Crippen molar-refractivity contribution in [2.75, 3.05) is 0 Å². The molecule has 0 aromatic carbocycles. The van der Waals surface area contributed by atoms with Crippen molar-refractivity contribution in [1.82, 2.24) is 10.6 Å². The van der Waals surface area contributed by atoms with Crippen molar-refractivity contribution >= 4 is 5.78 Å². The van der Waals surface area contributed by atoms with Crippen molar-refractivity contribution in [3.63, 3.8) is 0 Å². The Bertz CT molecular complexity index is 347. The molecule has 2 N–H and O–H groups in total. The topological polar surface area (TPSA) is 41.1 Å². The molecule has 0 spiro atoms. The maximum Gasteiger partial charge on any atom is 0.155 e. The lowest BCUT2D eigenvalue weighted by molar-refractivity contribution is -0.128. The van der Waals surface area contributed by atoms with E-state index in [1.165, 1.54) is 25.7 Å². The molecule has 3 fully saturated rings. The third kappa shape index (κ3) is 2.01. The van der Waals surface area contributed by atoms with Crippen LogP contribution < -0.4 is 10.6 Å². The number of nitrogens with one attached hydrogen (secondary N) is 2. The summed E-state index contributed by atoms with van der Waals surface area (Å²) < 4.78 is 0. The van der Waals surface area contributed by atoms with Gasteiger partial charge in [-0.25, -0.2) is 0 Å². The summed E-state index contributed by atoms with van der Waals surface area (Å²) in [7, 11) is 0. The molecule has 18 heavy (non-hydrogen) atoms. The van der Waals surface area contributed by atoms with Gasteiger partial charge in [-0.1, -0.05) is 33.6 Å². The minimum atomic E-state index is -0.220. The lowest BCUT2D eigenvalue weighted by atomic mass is 9.77. The number of hydrogen-bond acceptors (Lipinski definition) is 3. The summed E-state index contributed by atoms with van der Waals surface area (Å²) in [5, 5.41) is 7.28. The van der Waals surface area contributed by atoms with Crippen LogP contribution in [0.2, 0.25) is 0 Å². The molecule has 3 aliphatic rings. The third-order valence-corrected chi connectivity index (χ3v) is 5.14. The molecule has 0 bridgehead atoms. The van der Waals surface area contributed by atoms with Gasteiger partial charge in [-0.15, -0.1) is 0 Å². The van der Waals surface area contributed by atoms with E-state index in [9.17, 15) is 4.79 Å². The molecule has 1 aliphatic carbocycles. The Labute approximate surface area is 110 Å². The number of ketones is 1. The number of carbonyl (C=O) groups is 1. The Morgan fingerprint density at radius 1 is 1.06 bits per heavy atom. The van der Waals surface area contributed by atoms with Gasteiger partial charge in [0.05, 0.1) is 12.2 Å². The molecule has 2 heterocycles. The predicted octanol–water partition coefficient (Wildman–Crippen LogP) is 2.07. The third-order valence-electron chi connectivity index (χ3n) is 5.14. The van der Waals surface area contributed by atoms with Crippen LogP contribution >= 0.6 is 0 Å². The fourth-order valence-electron chi connectivity index (χ4n) is 4.23. The van der Waals surface area contributed by atoms with Gasteiger partial charge in [-0.05, 0) is 31.1 Å². The second kappa shape index (κ2) is 4.31. The Kier molecular flexibility index (Phi) is 3.02. The van der Waals surface area contributed by atoms with Gasteiger partial charge in [0.1, 0.15) is 0 Å². The largest absolute Gasteiger partial charge is 0.299 e. The molecule has 3 heteroatoms. The Morgan fingerprint density at radius 3 is 2.50 bits per heavy atom. The molecular formula is C15H26N2O.